The highest BCUT2D eigenvalue weighted by molar-refractivity contribution is 7.89. The van der Waals surface area contributed by atoms with Crippen molar-refractivity contribution in [1.29, 1.82) is 0 Å². The number of carbonyl (C=O) groups is 2. The summed E-state index contributed by atoms with van der Waals surface area (Å²) in [5.41, 5.74) is -0.0272. The third-order valence-corrected chi connectivity index (χ3v) is 5.38. The van der Waals surface area contributed by atoms with Crippen molar-refractivity contribution >= 4 is 27.6 Å². The van der Waals surface area contributed by atoms with Crippen molar-refractivity contribution in [2.45, 2.75) is 17.9 Å². The Hall–Kier alpha value is -2.98. The molecule has 1 heterocycles. The molecule has 0 radical (unpaired) electrons. The maximum absolute atomic E-state index is 12.2. The number of carbonyl (C=O) groups excluding carboxylic acids is 2. The summed E-state index contributed by atoms with van der Waals surface area (Å²) in [5, 5.41) is 14.0. The van der Waals surface area contributed by atoms with Crippen LogP contribution in [-0.4, -0.2) is 44.8 Å². The summed E-state index contributed by atoms with van der Waals surface area (Å²) in [6.45, 7) is 1.34. The van der Waals surface area contributed by atoms with E-state index in [2.05, 4.69) is 5.32 Å². The van der Waals surface area contributed by atoms with Crippen molar-refractivity contribution in [3.8, 4) is 0 Å². The summed E-state index contributed by atoms with van der Waals surface area (Å²) in [7, 11) is -0.862. The molecule has 0 spiro atoms. The third-order valence-electron chi connectivity index (χ3n) is 3.57. The van der Waals surface area contributed by atoms with Crippen molar-refractivity contribution < 1.29 is 27.5 Å². The van der Waals surface area contributed by atoms with Crippen LogP contribution in [-0.2, 0) is 19.6 Å². The van der Waals surface area contributed by atoms with Gasteiger partial charge in [-0.25, -0.2) is 17.5 Å². The minimum atomic E-state index is -3.66. The molecule has 27 heavy (non-hydrogen) atoms. The van der Waals surface area contributed by atoms with Gasteiger partial charge in [0, 0.05) is 31.9 Å². The molecule has 10 heteroatoms. The second-order valence-corrected chi connectivity index (χ2v) is 7.92. The maximum Gasteiger partial charge on any atom is 0.405 e. The van der Waals surface area contributed by atoms with E-state index in [0.717, 1.165) is 10.5 Å². The average Bonchev–Trinajstić information content (AvgIpc) is 2.62. The molecule has 2 aromatic rings. The second kappa shape index (κ2) is 8.14. The lowest BCUT2D eigenvalue weighted by Crippen LogP contribution is -2.37. The zero-order valence-corrected chi connectivity index (χ0v) is 15.8. The number of nitrogens with zero attached hydrogens (tertiary/aromatic N) is 2. The molecule has 144 valence electrons. The minimum absolute atomic E-state index is 0.00614. The Morgan fingerprint density at radius 1 is 1.19 bits per heavy atom. The molecular formula is C17H19N3O6S. The van der Waals surface area contributed by atoms with Crippen LogP contribution in [0.25, 0.3) is 0 Å². The molecule has 0 aliphatic rings. The first-order valence-electron chi connectivity index (χ1n) is 7.85. The third kappa shape index (κ3) is 4.80. The fourth-order valence-electron chi connectivity index (χ4n) is 2.05. The molecule has 0 aliphatic heterocycles. The van der Waals surface area contributed by atoms with Crippen molar-refractivity contribution in [2.75, 3.05) is 19.4 Å². The number of esters is 1. The normalized spacial score (nSPS) is 12.4. The van der Waals surface area contributed by atoms with Crippen LogP contribution in [0, 0.1) is 5.21 Å². The average molecular weight is 393 g/mol. The lowest BCUT2D eigenvalue weighted by molar-refractivity contribution is -0.608. The van der Waals surface area contributed by atoms with Gasteiger partial charge in [-0.1, -0.05) is 6.07 Å². The highest BCUT2D eigenvalue weighted by Gasteiger charge is 2.24. The molecule has 0 unspecified atom stereocenters. The molecule has 1 aromatic heterocycles. The molecule has 1 N–H and O–H groups in total. The number of hydrogen-bond acceptors (Lipinski definition) is 6. The summed E-state index contributed by atoms with van der Waals surface area (Å²) in [5.74, 6) is -1.62. The van der Waals surface area contributed by atoms with Gasteiger partial charge in [0.2, 0.25) is 10.0 Å². The molecular weight excluding hydrogens is 374 g/mol. The van der Waals surface area contributed by atoms with E-state index in [1.807, 2.05) is 0 Å². The lowest BCUT2D eigenvalue weighted by atomic mass is 10.3. The summed E-state index contributed by atoms with van der Waals surface area (Å²) >= 11 is 0. The number of amides is 1. The minimum Gasteiger partial charge on any atom is -0.618 e. The number of ether oxygens (including phenoxy) is 1. The van der Waals surface area contributed by atoms with Crippen molar-refractivity contribution in [1.82, 2.24) is 4.31 Å². The first-order chi connectivity index (χ1) is 12.6. The van der Waals surface area contributed by atoms with E-state index in [1.54, 1.807) is 0 Å². The predicted molar refractivity (Wildman–Crippen MR) is 96.2 cm³/mol. The Balaban J connectivity index is 2.09. The van der Waals surface area contributed by atoms with Crippen LogP contribution in [0.15, 0.2) is 53.6 Å². The molecule has 2 rings (SSSR count). The Labute approximate surface area is 156 Å². The largest absolute Gasteiger partial charge is 0.618 e. The van der Waals surface area contributed by atoms with Crippen LogP contribution in [0.2, 0.25) is 0 Å². The lowest BCUT2D eigenvalue weighted by Gasteiger charge is -2.15. The number of hydrogen-bond donors (Lipinski definition) is 1. The van der Waals surface area contributed by atoms with Crippen LogP contribution >= 0.6 is 0 Å². The number of nitrogens with one attached hydrogen (secondary N) is 1. The van der Waals surface area contributed by atoms with Crippen LogP contribution in [0.3, 0.4) is 0 Å². The number of anilines is 1. The molecule has 0 saturated heterocycles. The van der Waals surface area contributed by atoms with Gasteiger partial charge in [-0.15, -0.1) is 0 Å². The number of pyridine rings is 1. The highest BCUT2D eigenvalue weighted by atomic mass is 32.2. The van der Waals surface area contributed by atoms with Crippen LogP contribution < -0.4 is 10.0 Å². The quantitative estimate of drug-likeness (QED) is 0.439. The Morgan fingerprint density at radius 2 is 1.89 bits per heavy atom. The van der Waals surface area contributed by atoms with E-state index in [9.17, 15) is 23.2 Å². The number of rotatable bonds is 6. The van der Waals surface area contributed by atoms with Crippen LogP contribution in [0.1, 0.15) is 17.4 Å². The van der Waals surface area contributed by atoms with E-state index in [4.69, 9.17) is 4.74 Å². The summed E-state index contributed by atoms with van der Waals surface area (Å²) in [6, 6.07) is 9.90. The number of sulfonamides is 1. The zero-order valence-electron chi connectivity index (χ0n) is 14.9. The standard InChI is InChI=1S/C17H19N3O6S/c1-12(26-17(22)15-9-4-5-10-20(15)23)16(21)18-13-7-6-8-14(11-13)27(24,25)19(2)3/h4-12H,1-3H3,(H,18,21)/t12-/m0/s1. The van der Waals surface area contributed by atoms with E-state index >= 15 is 0 Å². The van der Waals surface area contributed by atoms with Gasteiger partial charge in [-0.2, -0.15) is 4.73 Å². The molecule has 0 fully saturated rings. The molecule has 0 saturated carbocycles. The summed E-state index contributed by atoms with van der Waals surface area (Å²) in [4.78, 5) is 24.2. The molecule has 9 nitrogen and oxygen atoms in total. The van der Waals surface area contributed by atoms with Gasteiger partial charge in [0.25, 0.3) is 5.91 Å². The summed E-state index contributed by atoms with van der Waals surface area (Å²) in [6.07, 6.45) is -0.0651. The molecule has 0 aliphatic carbocycles. The Morgan fingerprint density at radius 3 is 2.52 bits per heavy atom. The number of benzene rings is 1. The first kappa shape index (κ1) is 20.3. The molecule has 1 amide bonds. The van der Waals surface area contributed by atoms with Gasteiger partial charge in [0.15, 0.2) is 12.3 Å². The monoisotopic (exact) mass is 393 g/mol. The summed E-state index contributed by atoms with van der Waals surface area (Å²) < 4.78 is 30.7. The Kier molecular flexibility index (Phi) is 6.13. The van der Waals surface area contributed by atoms with Gasteiger partial charge in [0.05, 0.1) is 4.90 Å². The predicted octanol–water partition coefficient (Wildman–Crippen LogP) is 0.754. The van der Waals surface area contributed by atoms with Gasteiger partial charge >= 0.3 is 11.7 Å². The molecule has 1 aromatic carbocycles. The molecule has 0 bridgehead atoms. The van der Waals surface area contributed by atoms with Crippen molar-refractivity contribution in [3.63, 3.8) is 0 Å². The van der Waals surface area contributed by atoms with E-state index in [1.165, 1.54) is 63.5 Å². The van der Waals surface area contributed by atoms with Crippen molar-refractivity contribution in [3.05, 3.63) is 59.6 Å². The fraction of sp³-hybridized carbons (Fsp3) is 0.235. The molecule has 1 atom stereocenters. The fourth-order valence-corrected chi connectivity index (χ4v) is 3.00. The zero-order chi connectivity index (χ0) is 20.2. The Bertz CT molecular complexity index is 959. The van der Waals surface area contributed by atoms with Crippen LogP contribution in [0.5, 0.6) is 0 Å². The maximum atomic E-state index is 12.2. The first-order valence-corrected chi connectivity index (χ1v) is 9.29. The highest BCUT2D eigenvalue weighted by Crippen LogP contribution is 2.18. The van der Waals surface area contributed by atoms with E-state index < -0.39 is 28.0 Å². The van der Waals surface area contributed by atoms with Gasteiger partial charge in [-0.3, -0.25) is 4.79 Å². The topological polar surface area (TPSA) is 120 Å². The number of aromatic nitrogens is 1. The second-order valence-electron chi connectivity index (χ2n) is 5.76. The van der Waals surface area contributed by atoms with Gasteiger partial charge < -0.3 is 15.3 Å². The van der Waals surface area contributed by atoms with E-state index in [0.29, 0.717) is 4.73 Å². The van der Waals surface area contributed by atoms with E-state index in [-0.39, 0.29) is 16.3 Å². The van der Waals surface area contributed by atoms with Crippen LogP contribution in [0.4, 0.5) is 5.69 Å². The van der Waals surface area contributed by atoms with Crippen molar-refractivity contribution in [2.24, 2.45) is 0 Å². The smallest absolute Gasteiger partial charge is 0.405 e. The van der Waals surface area contributed by atoms with Gasteiger partial charge in [0.1, 0.15) is 0 Å². The SMILES string of the molecule is C[C@H](OC(=O)c1cccc[n+]1[O-])C(=O)Nc1cccc(S(=O)(=O)N(C)C)c1. The van der Waals surface area contributed by atoms with Gasteiger partial charge in [-0.05, 0) is 31.2 Å².